The van der Waals surface area contributed by atoms with Crippen LogP contribution in [0.4, 0.5) is 4.79 Å². The van der Waals surface area contributed by atoms with Gasteiger partial charge < -0.3 is 10.5 Å². The van der Waals surface area contributed by atoms with Gasteiger partial charge in [0.05, 0.1) is 6.61 Å². The monoisotopic (exact) mass is 229 g/mol. The Bertz CT molecular complexity index is 314. The molecule has 0 saturated carbocycles. The first kappa shape index (κ1) is 13.4. The van der Waals surface area contributed by atoms with Crippen LogP contribution in [0.25, 0.3) is 0 Å². The van der Waals surface area contributed by atoms with Gasteiger partial charge in [-0.15, -0.1) is 0 Å². The lowest BCUT2D eigenvalue weighted by Crippen LogP contribution is -2.09. The van der Waals surface area contributed by atoms with Crippen LogP contribution in [-0.4, -0.2) is 17.9 Å². The molecule has 1 aromatic rings. The maximum atomic E-state index is 10.4. The van der Waals surface area contributed by atoms with Gasteiger partial charge in [0, 0.05) is 17.2 Å². The molecule has 0 unspecified atom stereocenters. The lowest BCUT2D eigenvalue weighted by molar-refractivity contribution is 0.1000. The minimum absolute atomic E-state index is 0.350. The van der Waals surface area contributed by atoms with Gasteiger partial charge in [-0.3, -0.25) is 4.79 Å². The Labute approximate surface area is 93.0 Å². The van der Waals surface area contributed by atoms with E-state index in [4.69, 9.17) is 17.3 Å². The summed E-state index contributed by atoms with van der Waals surface area (Å²) in [5.41, 5.74) is 4.79. The van der Waals surface area contributed by atoms with Crippen LogP contribution in [0.15, 0.2) is 30.3 Å². The number of ether oxygens (including phenoxy) is 1. The number of hydrogen-bond donors (Lipinski definition) is 1. The molecule has 2 N–H and O–H groups in total. The summed E-state index contributed by atoms with van der Waals surface area (Å²) in [6.45, 7) is 2.04. The van der Waals surface area contributed by atoms with Crippen molar-refractivity contribution in [2.45, 2.75) is 6.92 Å². The topological polar surface area (TPSA) is 69.4 Å². The number of carbonyl (C=O) groups is 2. The van der Waals surface area contributed by atoms with E-state index >= 15 is 0 Å². The minimum Gasteiger partial charge on any atom is -0.454 e. The molecule has 0 aromatic heterocycles. The van der Waals surface area contributed by atoms with Crippen LogP contribution in [0.2, 0.25) is 0 Å². The van der Waals surface area contributed by atoms with Gasteiger partial charge in [-0.2, -0.15) is 0 Å². The fourth-order valence-corrected chi connectivity index (χ4v) is 0.825. The summed E-state index contributed by atoms with van der Waals surface area (Å²) < 4.78 is 4.17. The largest absolute Gasteiger partial charge is 0.454 e. The molecule has 0 spiro atoms. The molecule has 4 nitrogen and oxygen atoms in total. The van der Waals surface area contributed by atoms with Crippen molar-refractivity contribution < 1.29 is 14.3 Å². The van der Waals surface area contributed by atoms with Crippen LogP contribution >= 0.6 is 11.6 Å². The zero-order chi connectivity index (χ0) is 11.7. The second-order valence-electron chi connectivity index (χ2n) is 2.40. The molecule has 82 valence electrons. The van der Waals surface area contributed by atoms with E-state index in [-0.39, 0.29) is 5.91 Å². The van der Waals surface area contributed by atoms with Crippen molar-refractivity contribution >= 4 is 22.9 Å². The third-order valence-electron chi connectivity index (χ3n) is 1.32. The number of benzene rings is 1. The van der Waals surface area contributed by atoms with E-state index < -0.39 is 5.43 Å². The van der Waals surface area contributed by atoms with Crippen molar-refractivity contribution in [3.63, 3.8) is 0 Å². The van der Waals surface area contributed by atoms with E-state index in [0.29, 0.717) is 12.2 Å². The van der Waals surface area contributed by atoms with E-state index in [9.17, 15) is 9.59 Å². The fourth-order valence-electron chi connectivity index (χ4n) is 0.716. The first-order chi connectivity index (χ1) is 7.07. The Kier molecular flexibility index (Phi) is 7.01. The van der Waals surface area contributed by atoms with Gasteiger partial charge in [0.15, 0.2) is 0 Å². The lowest BCUT2D eigenvalue weighted by atomic mass is 10.2. The highest BCUT2D eigenvalue weighted by Crippen LogP contribution is 1.94. The fraction of sp³-hybridized carbons (Fsp3) is 0.200. The normalized spacial score (nSPS) is 8.40. The van der Waals surface area contributed by atoms with Crippen molar-refractivity contribution in [1.82, 2.24) is 0 Å². The summed E-state index contributed by atoms with van der Waals surface area (Å²) in [4.78, 5) is 20.0. The van der Waals surface area contributed by atoms with Crippen LogP contribution in [0, 0.1) is 0 Å². The zero-order valence-corrected chi connectivity index (χ0v) is 9.03. The highest BCUT2D eigenvalue weighted by molar-refractivity contribution is 6.61. The predicted octanol–water partition coefficient (Wildman–Crippen LogP) is 2.17. The molecule has 0 atom stereocenters. The first-order valence-electron chi connectivity index (χ1n) is 4.25. The number of nitrogens with two attached hydrogens (primary N) is 1. The van der Waals surface area contributed by atoms with Gasteiger partial charge in [0.1, 0.15) is 0 Å². The Balaban J connectivity index is 0.000000288. The zero-order valence-electron chi connectivity index (χ0n) is 8.27. The average Bonchev–Trinajstić information content (AvgIpc) is 2.20. The average molecular weight is 230 g/mol. The summed E-state index contributed by atoms with van der Waals surface area (Å²) in [5, 5.41) is 0. The number of rotatable bonds is 2. The molecular weight excluding hydrogens is 218 g/mol. The molecule has 0 aliphatic heterocycles. The standard InChI is InChI=1S/C7H7NO.C3H5ClO2/c8-7(9)6-4-2-1-3-5-6;1-2-6-3(4)5/h1-5H,(H2,8,9);2H2,1H3. The summed E-state index contributed by atoms with van der Waals surface area (Å²) in [6.07, 6.45) is 0. The van der Waals surface area contributed by atoms with E-state index in [1.54, 1.807) is 31.2 Å². The third kappa shape index (κ3) is 7.52. The molecule has 15 heavy (non-hydrogen) atoms. The highest BCUT2D eigenvalue weighted by atomic mass is 35.5. The third-order valence-corrected chi connectivity index (χ3v) is 1.43. The summed E-state index contributed by atoms with van der Waals surface area (Å²) in [6, 6.07) is 8.76. The van der Waals surface area contributed by atoms with Crippen molar-refractivity contribution in [3.05, 3.63) is 35.9 Å². The molecule has 1 rings (SSSR count). The summed E-state index contributed by atoms with van der Waals surface area (Å²) in [5.74, 6) is -0.379. The molecule has 0 fully saturated rings. The molecule has 0 bridgehead atoms. The molecule has 0 aliphatic rings. The minimum atomic E-state index is -0.738. The number of halogens is 1. The van der Waals surface area contributed by atoms with Gasteiger partial charge in [0.25, 0.3) is 0 Å². The van der Waals surface area contributed by atoms with Crippen LogP contribution in [-0.2, 0) is 4.74 Å². The van der Waals surface area contributed by atoms with E-state index in [0.717, 1.165) is 0 Å². The van der Waals surface area contributed by atoms with E-state index in [1.807, 2.05) is 6.07 Å². The van der Waals surface area contributed by atoms with Crippen LogP contribution in [0.1, 0.15) is 17.3 Å². The van der Waals surface area contributed by atoms with E-state index in [1.165, 1.54) is 0 Å². The van der Waals surface area contributed by atoms with Crippen molar-refractivity contribution in [2.75, 3.05) is 6.61 Å². The summed E-state index contributed by atoms with van der Waals surface area (Å²) >= 11 is 4.72. The van der Waals surface area contributed by atoms with Crippen molar-refractivity contribution in [3.8, 4) is 0 Å². The second-order valence-corrected chi connectivity index (χ2v) is 2.71. The first-order valence-corrected chi connectivity index (χ1v) is 4.62. The SMILES string of the molecule is CCOC(=O)Cl.NC(=O)c1ccccc1. The second kappa shape index (κ2) is 7.82. The maximum absolute atomic E-state index is 10.4. The van der Waals surface area contributed by atoms with Crippen LogP contribution < -0.4 is 5.73 Å². The molecule has 0 heterocycles. The maximum Gasteiger partial charge on any atom is 0.403 e. The van der Waals surface area contributed by atoms with Gasteiger partial charge in [-0.05, 0) is 19.1 Å². The smallest absolute Gasteiger partial charge is 0.403 e. The molecule has 1 aromatic carbocycles. The number of amides is 1. The Hall–Kier alpha value is -1.55. The molecule has 0 radical (unpaired) electrons. The molecule has 1 amide bonds. The van der Waals surface area contributed by atoms with Gasteiger partial charge in [-0.25, -0.2) is 4.79 Å². The molecule has 5 heteroatoms. The molecule has 0 aliphatic carbocycles. The highest BCUT2D eigenvalue weighted by Gasteiger charge is 1.93. The van der Waals surface area contributed by atoms with E-state index in [2.05, 4.69) is 4.74 Å². The van der Waals surface area contributed by atoms with Crippen LogP contribution in [0.5, 0.6) is 0 Å². The van der Waals surface area contributed by atoms with Gasteiger partial charge in [-0.1, -0.05) is 18.2 Å². The lowest BCUT2D eigenvalue weighted by Gasteiger charge is -1.89. The predicted molar refractivity (Wildman–Crippen MR) is 57.8 cm³/mol. The van der Waals surface area contributed by atoms with Crippen molar-refractivity contribution in [2.24, 2.45) is 5.73 Å². The number of carbonyl (C=O) groups excluding carboxylic acids is 2. The summed E-state index contributed by atoms with van der Waals surface area (Å²) in [7, 11) is 0. The number of primary amides is 1. The molecular formula is C10H12ClNO3. The Morgan fingerprint density at radius 2 is 1.87 bits per heavy atom. The number of hydrogen-bond acceptors (Lipinski definition) is 3. The van der Waals surface area contributed by atoms with Gasteiger partial charge >= 0.3 is 5.43 Å². The Morgan fingerprint density at radius 3 is 2.07 bits per heavy atom. The quantitative estimate of drug-likeness (QED) is 0.790. The van der Waals surface area contributed by atoms with Crippen LogP contribution in [0.3, 0.4) is 0 Å². The van der Waals surface area contributed by atoms with Crippen molar-refractivity contribution in [1.29, 1.82) is 0 Å². The van der Waals surface area contributed by atoms with Gasteiger partial charge in [0.2, 0.25) is 5.91 Å². The molecule has 0 saturated heterocycles. The Morgan fingerprint density at radius 1 is 1.33 bits per heavy atom.